The van der Waals surface area contributed by atoms with Crippen molar-refractivity contribution in [3.63, 3.8) is 0 Å². The lowest BCUT2D eigenvalue weighted by atomic mass is 10.1. The van der Waals surface area contributed by atoms with Crippen molar-refractivity contribution < 1.29 is 70.9 Å². The third-order valence-corrected chi connectivity index (χ3v) is 12.8. The highest BCUT2D eigenvalue weighted by Crippen LogP contribution is 2.66. The third kappa shape index (κ3) is 9.03. The molecule has 4 aromatic heterocycles. The molecule has 272 valence electrons. The Kier molecular flexibility index (Phi) is 11.0. The number of carbonyl (C=O) groups excluding carboxylic acids is 1. The average Bonchev–Trinajstić information content (AvgIpc) is 3.85. The van der Waals surface area contributed by atoms with Crippen LogP contribution in [0.25, 0.3) is 31.5 Å². The van der Waals surface area contributed by atoms with Crippen molar-refractivity contribution in [1.29, 1.82) is 0 Å². The fraction of sp³-hybridized carbons (Fsp3) is 0.231. The molecule has 5 heterocycles. The van der Waals surface area contributed by atoms with Gasteiger partial charge in [0.25, 0.3) is 5.91 Å². The highest BCUT2D eigenvalue weighted by atomic mass is 32.1. The number of nitrogens with zero attached hydrogens (tertiary/aromatic N) is 4. The Morgan fingerprint density at radius 2 is 1.65 bits per heavy atom. The largest absolute Gasteiger partial charge is 0.490 e. The summed E-state index contributed by atoms with van der Waals surface area (Å²) in [6.45, 7) is -1.53. The van der Waals surface area contributed by atoms with E-state index in [4.69, 9.17) is 19.3 Å². The maximum atomic E-state index is 13.1. The third-order valence-electron chi connectivity index (χ3n) is 6.85. The fourth-order valence-electron chi connectivity index (χ4n) is 4.81. The van der Waals surface area contributed by atoms with Gasteiger partial charge in [0.1, 0.15) is 41.6 Å². The van der Waals surface area contributed by atoms with Crippen LogP contribution in [0.4, 0.5) is 5.95 Å². The van der Waals surface area contributed by atoms with Crippen molar-refractivity contribution >= 4 is 69.2 Å². The van der Waals surface area contributed by atoms with Crippen LogP contribution < -0.4 is 10.1 Å². The van der Waals surface area contributed by atoms with Crippen LogP contribution in [0.2, 0.25) is 0 Å². The molecule has 20 nitrogen and oxygen atoms in total. The van der Waals surface area contributed by atoms with Crippen LogP contribution in [0.5, 0.6) is 5.75 Å². The number of imidazole rings is 1. The summed E-state index contributed by atoms with van der Waals surface area (Å²) in [7, 11) is -17.1. The normalized spacial score (nSPS) is 21.7. The molecule has 0 spiro atoms. The smallest absolute Gasteiger partial charge is 0.484 e. The molecule has 51 heavy (non-hydrogen) atoms. The number of hydrogen-bond acceptors (Lipinski definition) is 16. The number of aliphatic hydroxyl groups is 2. The minimum Gasteiger partial charge on any atom is -0.484 e. The van der Waals surface area contributed by atoms with Crippen molar-refractivity contribution in [3.8, 4) is 26.1 Å². The van der Waals surface area contributed by atoms with Crippen LogP contribution in [-0.2, 0) is 36.4 Å². The summed E-state index contributed by atoms with van der Waals surface area (Å²) >= 11 is 2.96. The summed E-state index contributed by atoms with van der Waals surface area (Å²) in [5.41, 5.74) is 0.563. The highest BCUT2D eigenvalue weighted by Gasteiger charge is 2.48. The second-order valence-electron chi connectivity index (χ2n) is 10.4. The van der Waals surface area contributed by atoms with Crippen molar-refractivity contribution in [3.05, 3.63) is 66.3 Å². The summed E-state index contributed by atoms with van der Waals surface area (Å²) in [6.07, 6.45) is -5.67. The number of anilines is 1. The van der Waals surface area contributed by atoms with E-state index in [1.165, 1.54) is 17.7 Å². The van der Waals surface area contributed by atoms with Gasteiger partial charge in [-0.2, -0.15) is 8.62 Å². The van der Waals surface area contributed by atoms with Crippen LogP contribution in [-0.4, -0.2) is 86.7 Å². The number of rotatable bonds is 14. The minimum atomic E-state index is -5.82. The van der Waals surface area contributed by atoms with Gasteiger partial charge in [-0.15, -0.1) is 22.7 Å². The zero-order chi connectivity index (χ0) is 36.6. The van der Waals surface area contributed by atoms with Crippen LogP contribution in [0.15, 0.2) is 66.3 Å². The van der Waals surface area contributed by atoms with E-state index >= 15 is 0 Å². The van der Waals surface area contributed by atoms with E-state index < -0.39 is 67.1 Å². The van der Waals surface area contributed by atoms with Gasteiger partial charge in [0.15, 0.2) is 18.5 Å². The molecule has 5 aromatic rings. The van der Waals surface area contributed by atoms with Crippen LogP contribution in [0, 0.1) is 0 Å². The monoisotopic (exact) mass is 805 g/mol. The fourth-order valence-corrected chi connectivity index (χ4v) is 9.68. The van der Waals surface area contributed by atoms with Gasteiger partial charge >= 0.3 is 23.5 Å². The zero-order valence-electron chi connectivity index (χ0n) is 25.4. The van der Waals surface area contributed by atoms with E-state index in [0.717, 1.165) is 14.3 Å². The Morgan fingerprint density at radius 1 is 0.902 bits per heavy atom. The van der Waals surface area contributed by atoms with Crippen molar-refractivity contribution in [1.82, 2.24) is 19.5 Å². The SMILES string of the molecule is O=C(COc1ccccc1)Nc1nc2c(-c3ccc(-c4cccs4)s3)ncnc2n1[C@@H]1O[C@H](COP(=O)(O)OP(=O)(O)OP(=O)(O)O)[C@@H](O)[C@H]1O. The van der Waals surface area contributed by atoms with E-state index in [1.807, 2.05) is 29.6 Å². The molecule has 1 aliphatic heterocycles. The maximum absolute atomic E-state index is 13.1. The highest BCUT2D eigenvalue weighted by molar-refractivity contribution is 7.66. The number of aliphatic hydroxyl groups excluding tert-OH is 2. The molecule has 1 amide bonds. The number of para-hydroxylation sites is 1. The summed E-state index contributed by atoms with van der Waals surface area (Å²) in [4.78, 5) is 65.7. The topological polar surface area (TPSA) is 291 Å². The number of phosphoric acid groups is 3. The van der Waals surface area contributed by atoms with Gasteiger partial charge in [-0.25, -0.2) is 28.6 Å². The Balaban J connectivity index is 1.29. The van der Waals surface area contributed by atoms with Crippen LogP contribution in [0.3, 0.4) is 0 Å². The van der Waals surface area contributed by atoms with Crippen LogP contribution in [0.1, 0.15) is 6.23 Å². The number of amides is 1. The molecule has 6 atom stereocenters. The van der Waals surface area contributed by atoms with E-state index in [0.29, 0.717) is 16.3 Å². The molecule has 0 aliphatic carbocycles. The average molecular weight is 806 g/mol. The Hall–Kier alpha value is -3.27. The first-order valence-corrected chi connectivity index (χ1v) is 20.5. The van der Waals surface area contributed by atoms with E-state index in [9.17, 15) is 38.5 Å². The predicted molar refractivity (Wildman–Crippen MR) is 178 cm³/mol. The lowest BCUT2D eigenvalue weighted by Crippen LogP contribution is -2.34. The number of thiophene rings is 2. The second kappa shape index (κ2) is 15.0. The molecule has 6 rings (SSSR count). The molecule has 0 radical (unpaired) electrons. The van der Waals surface area contributed by atoms with Gasteiger partial charge in [-0.05, 0) is 35.7 Å². The number of hydrogen-bond donors (Lipinski definition) is 7. The van der Waals surface area contributed by atoms with Gasteiger partial charge in [0.2, 0.25) is 5.95 Å². The molecular formula is C26H26N5O15P3S2. The summed E-state index contributed by atoms with van der Waals surface area (Å²) < 4.78 is 59.4. The van der Waals surface area contributed by atoms with E-state index in [1.54, 1.807) is 41.7 Å². The van der Waals surface area contributed by atoms with Gasteiger partial charge in [0, 0.05) is 9.75 Å². The van der Waals surface area contributed by atoms with Gasteiger partial charge in [0.05, 0.1) is 11.5 Å². The van der Waals surface area contributed by atoms with Gasteiger partial charge in [-0.1, -0.05) is 24.3 Å². The predicted octanol–water partition coefficient (Wildman–Crippen LogP) is 3.26. The van der Waals surface area contributed by atoms with Crippen molar-refractivity contribution in [2.45, 2.75) is 24.5 Å². The minimum absolute atomic E-state index is 0.0372. The first-order chi connectivity index (χ1) is 24.1. The molecule has 0 saturated carbocycles. The van der Waals surface area contributed by atoms with Crippen LogP contribution >= 0.6 is 46.1 Å². The maximum Gasteiger partial charge on any atom is 0.490 e. The quantitative estimate of drug-likeness (QED) is 0.0793. The Bertz CT molecular complexity index is 2160. The lowest BCUT2D eigenvalue weighted by Gasteiger charge is -2.20. The molecule has 1 saturated heterocycles. The second-order valence-corrected chi connectivity index (χ2v) is 16.9. The molecule has 1 aliphatic rings. The number of phosphoric ester groups is 1. The van der Waals surface area contributed by atoms with E-state index in [2.05, 4.69) is 33.4 Å². The summed E-state index contributed by atoms with van der Waals surface area (Å²) in [5.74, 6) is -0.489. The number of benzene rings is 1. The zero-order valence-corrected chi connectivity index (χ0v) is 29.7. The lowest BCUT2D eigenvalue weighted by molar-refractivity contribution is -0.118. The Labute approximate surface area is 294 Å². The van der Waals surface area contributed by atoms with Gasteiger partial charge < -0.3 is 39.3 Å². The first kappa shape index (κ1) is 37.5. The molecule has 25 heteroatoms. The molecule has 0 bridgehead atoms. The van der Waals surface area contributed by atoms with Gasteiger partial charge in [-0.3, -0.25) is 19.2 Å². The number of nitrogens with one attached hydrogen (secondary N) is 1. The summed E-state index contributed by atoms with van der Waals surface area (Å²) in [6, 6.07) is 16.1. The van der Waals surface area contributed by atoms with Crippen molar-refractivity contribution in [2.24, 2.45) is 0 Å². The molecule has 2 unspecified atom stereocenters. The molecular weight excluding hydrogens is 779 g/mol. The summed E-state index contributed by atoms with van der Waals surface area (Å²) in [5, 5.41) is 26.4. The van der Waals surface area contributed by atoms with E-state index in [-0.39, 0.29) is 17.1 Å². The molecule has 7 N–H and O–H groups in total. The number of ether oxygens (including phenoxy) is 2. The number of carbonyl (C=O) groups is 1. The van der Waals surface area contributed by atoms with Crippen molar-refractivity contribution in [2.75, 3.05) is 18.5 Å². The molecule has 1 aromatic carbocycles. The molecule has 1 fully saturated rings. The first-order valence-electron chi connectivity index (χ1n) is 14.2. The standard InChI is InChI=1S/C26H26N5O15P3S2/c32-19(12-42-14-5-2-1-3-6-14)29-26-30-21-20(18-9-8-17(51-18)16-7-4-10-50-16)27-13-28-24(21)31(26)25-23(34)22(33)15(44-25)11-43-48(38,39)46-49(40,41)45-47(35,36)37/h1-10,13,15,22-23,25,33-34H,11-12H2,(H,38,39)(H,40,41)(H,29,30,32)(H2,35,36,37)/t15-,22-,23-,25-/m1/s1. The number of aromatic nitrogens is 4. The number of fused-ring (bicyclic) bond motifs is 1. The Morgan fingerprint density at radius 3 is 2.35 bits per heavy atom.